The Morgan fingerprint density at radius 2 is 2.45 bits per heavy atom. The van der Waals surface area contributed by atoms with Crippen LogP contribution in [0.5, 0.6) is 0 Å². The van der Waals surface area contributed by atoms with E-state index in [-0.39, 0.29) is 13.0 Å². The number of nitriles is 1. The normalized spacial score (nSPS) is 10.4. The summed E-state index contributed by atoms with van der Waals surface area (Å²) in [5, 5.41) is 8.08. The summed E-state index contributed by atoms with van der Waals surface area (Å²) in [5.74, 6) is -0.500. The third kappa shape index (κ3) is 6.38. The van der Waals surface area contributed by atoms with E-state index in [0.717, 1.165) is 0 Å². The first kappa shape index (κ1) is 9.50. The van der Waals surface area contributed by atoms with Gasteiger partial charge in [-0.2, -0.15) is 5.26 Å². The van der Waals surface area contributed by atoms with Gasteiger partial charge in [0.25, 0.3) is 0 Å². The highest BCUT2D eigenvalue weighted by molar-refractivity contribution is 5.82. The van der Waals surface area contributed by atoms with Crippen LogP contribution in [0, 0.1) is 11.3 Å². The van der Waals surface area contributed by atoms with Crippen LogP contribution in [0.1, 0.15) is 13.3 Å². The molecule has 0 amide bonds. The molecule has 0 unspecified atom stereocenters. The van der Waals surface area contributed by atoms with Gasteiger partial charge in [-0.15, -0.1) is 0 Å². The second-order valence-electron chi connectivity index (χ2n) is 1.96. The molecule has 0 aliphatic heterocycles. The lowest BCUT2D eigenvalue weighted by atomic mass is 10.4. The number of rotatable bonds is 3. The van der Waals surface area contributed by atoms with Crippen LogP contribution >= 0.6 is 0 Å². The summed E-state index contributed by atoms with van der Waals surface area (Å²) in [5.41, 5.74) is 5.59. The molecule has 0 saturated heterocycles. The Morgan fingerprint density at radius 3 is 2.91 bits per heavy atom. The number of hydrogen-bond acceptors (Lipinski definition) is 4. The van der Waals surface area contributed by atoms with Gasteiger partial charge in [0.2, 0.25) is 0 Å². The van der Waals surface area contributed by atoms with Crippen LogP contribution in [0.15, 0.2) is 11.8 Å². The van der Waals surface area contributed by atoms with Gasteiger partial charge in [0, 0.05) is 11.8 Å². The molecule has 0 aromatic rings. The van der Waals surface area contributed by atoms with Crippen molar-refractivity contribution < 1.29 is 9.53 Å². The summed E-state index contributed by atoms with van der Waals surface area (Å²) in [6, 6.07) is 1.85. The highest BCUT2D eigenvalue weighted by Crippen LogP contribution is 1.86. The number of carbonyl (C=O) groups is 1. The van der Waals surface area contributed by atoms with Gasteiger partial charge in [-0.3, -0.25) is 0 Å². The molecule has 0 atom stereocenters. The number of carbonyl (C=O) groups excluding carboxylic acids is 1. The van der Waals surface area contributed by atoms with E-state index in [9.17, 15) is 4.79 Å². The Labute approximate surface area is 65.2 Å². The SMILES string of the molecule is CC(N)=CC(=O)OCCC#N. The minimum absolute atomic E-state index is 0.124. The maximum atomic E-state index is 10.6. The highest BCUT2D eigenvalue weighted by Gasteiger charge is 1.95. The summed E-state index contributed by atoms with van der Waals surface area (Å²) in [6.07, 6.45) is 1.39. The Hall–Kier alpha value is -1.50. The van der Waals surface area contributed by atoms with Crippen molar-refractivity contribution in [3.05, 3.63) is 11.8 Å². The quantitative estimate of drug-likeness (QED) is 0.360. The molecule has 2 N–H and O–H groups in total. The number of nitrogens with zero attached hydrogens (tertiary/aromatic N) is 1. The predicted molar refractivity (Wildman–Crippen MR) is 39.1 cm³/mol. The fraction of sp³-hybridized carbons (Fsp3) is 0.429. The van der Waals surface area contributed by atoms with Gasteiger partial charge in [0.15, 0.2) is 0 Å². The summed E-state index contributed by atoms with van der Waals surface area (Å²) in [6.45, 7) is 1.71. The molecule has 0 aromatic heterocycles. The molecule has 4 heteroatoms. The maximum Gasteiger partial charge on any atom is 0.332 e. The first-order valence-electron chi connectivity index (χ1n) is 3.14. The fourth-order valence-electron chi connectivity index (χ4n) is 0.425. The van der Waals surface area contributed by atoms with Crippen molar-refractivity contribution >= 4 is 5.97 Å². The van der Waals surface area contributed by atoms with Crippen LogP contribution in [0.3, 0.4) is 0 Å². The third-order valence-corrected chi connectivity index (χ3v) is 0.804. The van der Waals surface area contributed by atoms with Crippen LogP contribution < -0.4 is 5.73 Å². The van der Waals surface area contributed by atoms with Crippen molar-refractivity contribution in [1.29, 1.82) is 5.26 Å². The molecular weight excluding hydrogens is 144 g/mol. The van der Waals surface area contributed by atoms with Crippen molar-refractivity contribution in [2.24, 2.45) is 5.73 Å². The topological polar surface area (TPSA) is 76.1 Å². The van der Waals surface area contributed by atoms with Crippen molar-refractivity contribution in [1.82, 2.24) is 0 Å². The summed E-state index contributed by atoms with van der Waals surface area (Å²) in [4.78, 5) is 10.6. The standard InChI is InChI=1S/C7H10N2O2/c1-6(9)5-7(10)11-4-2-3-8/h5H,2,4,9H2,1H3. The zero-order valence-corrected chi connectivity index (χ0v) is 6.33. The molecule has 0 radical (unpaired) electrons. The molecule has 11 heavy (non-hydrogen) atoms. The lowest BCUT2D eigenvalue weighted by molar-refractivity contribution is -0.137. The van der Waals surface area contributed by atoms with Crippen LogP contribution in [-0.2, 0) is 9.53 Å². The molecule has 0 fully saturated rings. The summed E-state index contributed by atoms with van der Waals surface area (Å²) >= 11 is 0. The lowest BCUT2D eigenvalue weighted by Crippen LogP contribution is -2.04. The first-order chi connectivity index (χ1) is 5.16. The Bertz CT molecular complexity index is 199. The summed E-state index contributed by atoms with van der Waals surface area (Å²) < 4.78 is 4.58. The van der Waals surface area contributed by atoms with Crippen LogP contribution in [0.2, 0.25) is 0 Å². The molecule has 0 saturated carbocycles. The van der Waals surface area contributed by atoms with Crippen molar-refractivity contribution in [3.63, 3.8) is 0 Å². The molecule has 0 bridgehead atoms. The molecule has 0 rings (SSSR count). The van der Waals surface area contributed by atoms with E-state index in [1.54, 1.807) is 6.92 Å². The highest BCUT2D eigenvalue weighted by atomic mass is 16.5. The molecule has 0 spiro atoms. The lowest BCUT2D eigenvalue weighted by Gasteiger charge is -1.96. The number of nitrogens with two attached hydrogens (primary N) is 1. The van der Waals surface area contributed by atoms with Crippen molar-refractivity contribution in [3.8, 4) is 6.07 Å². The minimum Gasteiger partial charge on any atom is -0.461 e. The molecule has 0 heterocycles. The maximum absolute atomic E-state index is 10.6. The van der Waals surface area contributed by atoms with E-state index in [4.69, 9.17) is 11.0 Å². The molecular formula is C7H10N2O2. The minimum atomic E-state index is -0.500. The second kappa shape index (κ2) is 5.30. The largest absolute Gasteiger partial charge is 0.461 e. The third-order valence-electron chi connectivity index (χ3n) is 0.804. The van der Waals surface area contributed by atoms with Crippen LogP contribution in [0.4, 0.5) is 0 Å². The van der Waals surface area contributed by atoms with Gasteiger partial charge in [-0.05, 0) is 6.92 Å². The first-order valence-corrected chi connectivity index (χ1v) is 3.14. The fourth-order valence-corrected chi connectivity index (χ4v) is 0.425. The molecule has 4 nitrogen and oxygen atoms in total. The van der Waals surface area contributed by atoms with E-state index < -0.39 is 5.97 Å². The van der Waals surface area contributed by atoms with Crippen LogP contribution in [0.25, 0.3) is 0 Å². The van der Waals surface area contributed by atoms with Gasteiger partial charge in [-0.1, -0.05) is 0 Å². The van der Waals surface area contributed by atoms with E-state index in [0.29, 0.717) is 5.70 Å². The zero-order chi connectivity index (χ0) is 8.69. The smallest absolute Gasteiger partial charge is 0.332 e. The van der Waals surface area contributed by atoms with E-state index >= 15 is 0 Å². The Kier molecular flexibility index (Phi) is 4.58. The number of hydrogen-bond donors (Lipinski definition) is 1. The van der Waals surface area contributed by atoms with Gasteiger partial charge in [0.1, 0.15) is 6.61 Å². The van der Waals surface area contributed by atoms with Crippen LogP contribution in [-0.4, -0.2) is 12.6 Å². The second-order valence-corrected chi connectivity index (χ2v) is 1.96. The molecule has 0 aromatic carbocycles. The van der Waals surface area contributed by atoms with Gasteiger partial charge < -0.3 is 10.5 Å². The van der Waals surface area contributed by atoms with E-state index in [1.165, 1.54) is 6.08 Å². The van der Waals surface area contributed by atoms with Gasteiger partial charge in [-0.25, -0.2) is 4.79 Å². The van der Waals surface area contributed by atoms with Gasteiger partial charge >= 0.3 is 5.97 Å². The Balaban J connectivity index is 3.56. The molecule has 0 aliphatic carbocycles. The number of esters is 1. The zero-order valence-electron chi connectivity index (χ0n) is 6.33. The summed E-state index contributed by atoms with van der Waals surface area (Å²) in [7, 11) is 0. The van der Waals surface area contributed by atoms with Crippen molar-refractivity contribution in [2.45, 2.75) is 13.3 Å². The average molecular weight is 154 g/mol. The van der Waals surface area contributed by atoms with Crippen molar-refractivity contribution in [2.75, 3.05) is 6.61 Å². The monoisotopic (exact) mass is 154 g/mol. The van der Waals surface area contributed by atoms with Gasteiger partial charge in [0.05, 0.1) is 12.5 Å². The molecule has 60 valence electrons. The average Bonchev–Trinajstić information content (AvgIpc) is 1.86. The molecule has 0 aliphatic rings. The predicted octanol–water partition coefficient (Wildman–Crippen LogP) is 0.306. The number of allylic oxidation sites excluding steroid dienone is 1. The Morgan fingerprint density at radius 1 is 1.82 bits per heavy atom. The number of ether oxygens (including phenoxy) is 1. The van der Waals surface area contributed by atoms with E-state index in [1.807, 2.05) is 6.07 Å². The van der Waals surface area contributed by atoms with E-state index in [2.05, 4.69) is 4.74 Å².